The van der Waals surface area contributed by atoms with Gasteiger partial charge in [0.15, 0.2) is 22.2 Å². The summed E-state index contributed by atoms with van der Waals surface area (Å²) in [5, 5.41) is 11.5. The first-order chi connectivity index (χ1) is 26.3. The summed E-state index contributed by atoms with van der Waals surface area (Å²) in [6.07, 6.45) is 6.99. The molecule has 8 nitrogen and oxygen atoms in total. The number of carbonyl (C=O) groups excluding carboxylic acids is 1. The molecule has 2 unspecified atom stereocenters. The average molecular weight is 941 g/mol. The van der Waals surface area contributed by atoms with E-state index in [1.54, 1.807) is 13.2 Å². The van der Waals surface area contributed by atoms with Gasteiger partial charge in [0.25, 0.3) is 0 Å². The van der Waals surface area contributed by atoms with Crippen LogP contribution in [-0.2, 0) is 38.3 Å². The van der Waals surface area contributed by atoms with E-state index in [2.05, 4.69) is 116 Å². The smallest absolute Gasteiger partial charge is 0.341 e. The topological polar surface area (TPSA) is 107 Å². The van der Waals surface area contributed by atoms with E-state index >= 15 is 0 Å². The summed E-state index contributed by atoms with van der Waals surface area (Å²) in [7, 11) is -3.92. The molecule has 1 fully saturated rings. The number of hydrogen-bond acceptors (Lipinski definition) is 8. The van der Waals surface area contributed by atoms with Gasteiger partial charge in [-0.3, -0.25) is 0 Å². The number of halogens is 1. The normalized spacial score (nSPS) is 18.5. The van der Waals surface area contributed by atoms with Crippen LogP contribution in [0.1, 0.15) is 125 Å². The lowest BCUT2D eigenvalue weighted by molar-refractivity contribution is -0.150. The van der Waals surface area contributed by atoms with Crippen LogP contribution in [0.2, 0.25) is 36.3 Å². The fraction of sp³-hybridized carbons (Fsp3) is 0.674. The molecule has 57 heavy (non-hydrogen) atoms. The Morgan fingerprint density at radius 1 is 0.982 bits per heavy atom. The first kappa shape index (κ1) is 51.4. The average Bonchev–Trinajstić information content (AvgIpc) is 3.84. The second-order valence-electron chi connectivity index (χ2n) is 19.0. The second kappa shape index (κ2) is 22.2. The van der Waals surface area contributed by atoms with Gasteiger partial charge in [0.1, 0.15) is 18.1 Å². The highest BCUT2D eigenvalue weighted by Crippen LogP contribution is 2.45. The third kappa shape index (κ3) is 15.3. The van der Waals surface area contributed by atoms with Crippen molar-refractivity contribution in [1.82, 2.24) is 0 Å². The van der Waals surface area contributed by atoms with Crippen LogP contribution in [0.3, 0.4) is 0 Å². The third-order valence-corrected chi connectivity index (χ3v) is 21.0. The Morgan fingerprint density at radius 2 is 1.60 bits per heavy atom. The maximum atomic E-state index is 12.7. The van der Waals surface area contributed by atoms with Crippen LogP contribution in [0.5, 0.6) is 11.5 Å². The summed E-state index contributed by atoms with van der Waals surface area (Å²) in [4.78, 5) is 22.2. The first-order valence-corrected chi connectivity index (χ1v) is 28.0. The molecular weight excluding hydrogens is 864 g/mol. The van der Waals surface area contributed by atoms with E-state index in [0.29, 0.717) is 38.6 Å². The molecule has 1 aliphatic rings. The monoisotopic (exact) mass is 940 g/mol. The number of carbonyl (C=O) groups is 1. The van der Waals surface area contributed by atoms with Gasteiger partial charge in [-0.2, -0.15) is 0 Å². The van der Waals surface area contributed by atoms with E-state index in [4.69, 9.17) is 23.4 Å². The van der Waals surface area contributed by atoms with E-state index in [9.17, 15) is 14.7 Å². The van der Waals surface area contributed by atoms with E-state index < -0.39 is 28.3 Å². The molecule has 1 aliphatic heterocycles. The van der Waals surface area contributed by atoms with Gasteiger partial charge < -0.3 is 33.3 Å². The number of aliphatic hydroxyl groups is 1. The number of rotatable bonds is 20. The fourth-order valence-electron chi connectivity index (χ4n) is 5.84. The Morgan fingerprint density at radius 3 is 2.09 bits per heavy atom. The van der Waals surface area contributed by atoms with Crippen molar-refractivity contribution in [2.24, 2.45) is 11.8 Å². The Labute approximate surface area is 362 Å². The minimum atomic E-state index is -2.06. The number of ether oxygens (including phenoxy) is 4. The molecule has 2 N–H and O–H groups in total. The predicted molar refractivity (Wildman–Crippen MR) is 248 cm³/mol. The van der Waals surface area contributed by atoms with Gasteiger partial charge in [-0.25, -0.2) is 4.79 Å². The number of benzene rings is 2. The Kier molecular flexibility index (Phi) is 20.0. The standard InChI is InChI=1S/C40H61IO7Si.C6H16OSi/c1-11-17-30(33(42)20-22-40(35(12-2)48-40)38(43)44-13-3)21-23-45-34-25-31(24-28(4)5)37(46-26-29-18-15-14-16-19-29)32(36(34)41)27-47-49(9,10)39(6,7)8;1-6(2,3)8(4,5)7/h14-16,18-19,21,23,25,28,30,33,35,42H,11-13,17,20,22,24,26-27H2,1-10H3;7H,1-5H3/b23-21+;/t30?,33?,35-,40-;/m1./s1. The maximum absolute atomic E-state index is 12.7. The number of aliphatic hydroxyl groups excluding tert-OH is 1. The van der Waals surface area contributed by atoms with Gasteiger partial charge in [-0.05, 0) is 127 Å². The molecular formula is C46H77IO8Si2. The molecule has 0 aromatic heterocycles. The summed E-state index contributed by atoms with van der Waals surface area (Å²) in [6.45, 7) is 33.0. The summed E-state index contributed by atoms with van der Waals surface area (Å²) >= 11 is 2.37. The predicted octanol–water partition coefficient (Wildman–Crippen LogP) is 12.1. The molecule has 1 saturated heterocycles. The molecule has 2 aromatic carbocycles. The number of hydrogen-bond donors (Lipinski definition) is 2. The van der Waals surface area contributed by atoms with Crippen LogP contribution in [0.4, 0.5) is 0 Å². The van der Waals surface area contributed by atoms with Gasteiger partial charge in [0.2, 0.25) is 0 Å². The van der Waals surface area contributed by atoms with Crippen LogP contribution in [0.15, 0.2) is 48.7 Å². The molecule has 0 radical (unpaired) electrons. The van der Waals surface area contributed by atoms with Crippen molar-refractivity contribution in [3.8, 4) is 11.5 Å². The van der Waals surface area contributed by atoms with E-state index in [1.165, 1.54) is 0 Å². The fourth-order valence-corrected chi connectivity index (χ4v) is 7.46. The minimum absolute atomic E-state index is 0.0648. The van der Waals surface area contributed by atoms with Crippen LogP contribution in [-0.4, -0.2) is 56.9 Å². The zero-order chi connectivity index (χ0) is 43.4. The molecule has 0 aliphatic carbocycles. The first-order valence-electron chi connectivity index (χ1n) is 21.1. The highest BCUT2D eigenvalue weighted by atomic mass is 127. The molecule has 0 amide bonds. The molecule has 0 spiro atoms. The zero-order valence-electron chi connectivity index (χ0n) is 38.0. The lowest BCUT2D eigenvalue weighted by Crippen LogP contribution is -2.40. The summed E-state index contributed by atoms with van der Waals surface area (Å²) in [5.41, 5.74) is 2.28. The maximum Gasteiger partial charge on any atom is 0.341 e. The van der Waals surface area contributed by atoms with Gasteiger partial charge in [0, 0.05) is 11.5 Å². The molecule has 11 heteroatoms. The lowest BCUT2D eigenvalue weighted by Gasteiger charge is -2.36. The SMILES string of the molecule is CC(C)(C)[Si](C)(C)O.CCCC(/C=C/Oc1cc(CC(C)C)c(OCc2ccccc2)c(CO[Si](C)(C)C(C)(C)C)c1I)C(O)CC[C@@]1(C(=O)OCC)O[C@@H]1CC. The van der Waals surface area contributed by atoms with Gasteiger partial charge >= 0.3 is 5.97 Å². The molecule has 3 rings (SSSR count). The highest BCUT2D eigenvalue weighted by molar-refractivity contribution is 14.1. The van der Waals surface area contributed by atoms with Crippen LogP contribution < -0.4 is 9.47 Å². The second-order valence-corrected chi connectivity index (χ2v) is 29.5. The summed E-state index contributed by atoms with van der Waals surface area (Å²) in [5.74, 6) is 1.57. The van der Waals surface area contributed by atoms with E-state index in [-0.39, 0.29) is 28.1 Å². The summed E-state index contributed by atoms with van der Waals surface area (Å²) < 4.78 is 31.9. The van der Waals surface area contributed by atoms with E-state index in [1.807, 2.05) is 44.3 Å². The molecule has 4 atom stereocenters. The Balaban J connectivity index is 0.00000126. The Bertz CT molecular complexity index is 1550. The van der Waals surface area contributed by atoms with Gasteiger partial charge in [0.05, 0.1) is 35.3 Å². The zero-order valence-corrected chi connectivity index (χ0v) is 42.2. The van der Waals surface area contributed by atoms with Crippen molar-refractivity contribution in [3.63, 3.8) is 0 Å². The van der Waals surface area contributed by atoms with Crippen LogP contribution in [0.25, 0.3) is 0 Å². The summed E-state index contributed by atoms with van der Waals surface area (Å²) in [6, 6.07) is 12.3. The molecule has 2 aromatic rings. The van der Waals surface area contributed by atoms with Crippen molar-refractivity contribution in [2.75, 3.05) is 6.61 Å². The highest BCUT2D eigenvalue weighted by Gasteiger charge is 2.62. The van der Waals surface area contributed by atoms with Crippen LogP contribution in [0, 0.1) is 15.4 Å². The molecule has 324 valence electrons. The third-order valence-electron chi connectivity index (χ3n) is 11.7. The van der Waals surface area contributed by atoms with Crippen molar-refractivity contribution in [3.05, 3.63) is 69.0 Å². The quantitative estimate of drug-likeness (QED) is 0.0444. The van der Waals surface area contributed by atoms with Crippen molar-refractivity contribution >= 4 is 45.2 Å². The van der Waals surface area contributed by atoms with Crippen molar-refractivity contribution < 1.29 is 38.1 Å². The molecule has 0 saturated carbocycles. The lowest BCUT2D eigenvalue weighted by atomic mass is 9.89. The van der Waals surface area contributed by atoms with Gasteiger partial charge in [-0.1, -0.05) is 106 Å². The molecule has 1 heterocycles. The van der Waals surface area contributed by atoms with Crippen LogP contribution >= 0.6 is 22.6 Å². The van der Waals surface area contributed by atoms with Crippen molar-refractivity contribution in [1.29, 1.82) is 0 Å². The minimum Gasteiger partial charge on any atom is -0.488 e. The van der Waals surface area contributed by atoms with E-state index in [0.717, 1.165) is 57.4 Å². The number of esters is 1. The van der Waals surface area contributed by atoms with Crippen molar-refractivity contribution in [2.45, 2.75) is 182 Å². The number of epoxide rings is 1. The van der Waals surface area contributed by atoms with Gasteiger partial charge in [-0.15, -0.1) is 0 Å². The molecule has 0 bridgehead atoms. The largest absolute Gasteiger partial charge is 0.488 e. The Hall–Kier alpha value is -1.75.